The highest BCUT2D eigenvalue weighted by atomic mass is 15.2. The lowest BCUT2D eigenvalue weighted by atomic mass is 9.78. The summed E-state index contributed by atoms with van der Waals surface area (Å²) in [6.07, 6.45) is 34.9. The summed E-state index contributed by atoms with van der Waals surface area (Å²) in [5.41, 5.74) is 29.4. The lowest BCUT2D eigenvalue weighted by molar-refractivity contribution is 0.555. The van der Waals surface area contributed by atoms with Gasteiger partial charge in [0.1, 0.15) is 0 Å². The Morgan fingerprint density at radius 1 is 0.451 bits per heavy atom. The Morgan fingerprint density at radius 2 is 0.956 bits per heavy atom. The van der Waals surface area contributed by atoms with Gasteiger partial charge in [-0.3, -0.25) is 0 Å². The molecule has 0 aliphatic heterocycles. The Hall–Kier alpha value is -7.94. The molecule has 91 heavy (non-hydrogen) atoms. The summed E-state index contributed by atoms with van der Waals surface area (Å²) in [6.45, 7) is 25.4. The number of anilines is 4. The van der Waals surface area contributed by atoms with E-state index < -0.39 is 0 Å². The number of nitrogens with zero attached hydrogens (tertiary/aromatic N) is 2. The fourth-order valence-corrected chi connectivity index (χ4v) is 14.3. The number of aryl methyl sites for hydroxylation is 4. The van der Waals surface area contributed by atoms with Gasteiger partial charge < -0.3 is 9.80 Å². The minimum Gasteiger partial charge on any atom is -0.335 e. The van der Waals surface area contributed by atoms with Crippen LogP contribution in [0.4, 0.5) is 22.7 Å². The molecule has 0 aromatic heterocycles. The van der Waals surface area contributed by atoms with E-state index in [1.807, 2.05) is 0 Å². The second-order valence-corrected chi connectivity index (χ2v) is 28.8. The van der Waals surface area contributed by atoms with Crippen molar-refractivity contribution in [3.63, 3.8) is 0 Å². The Labute approximate surface area is 549 Å². The van der Waals surface area contributed by atoms with Gasteiger partial charge in [0.25, 0.3) is 0 Å². The monoisotopic (exact) mass is 1200 g/mol. The maximum Gasteiger partial charge on any atom is 0.0522 e. The molecular weight excluding hydrogens is 1100 g/mol. The van der Waals surface area contributed by atoms with Crippen LogP contribution in [-0.4, -0.2) is 6.04 Å². The molecule has 3 unspecified atom stereocenters. The van der Waals surface area contributed by atoms with E-state index in [1.54, 1.807) is 0 Å². The molecule has 0 amide bonds. The van der Waals surface area contributed by atoms with Crippen molar-refractivity contribution >= 4 is 22.7 Å². The van der Waals surface area contributed by atoms with Gasteiger partial charge in [-0.2, -0.15) is 0 Å². The van der Waals surface area contributed by atoms with Gasteiger partial charge in [0, 0.05) is 40.3 Å². The Bertz CT molecular complexity index is 3880. The lowest BCUT2D eigenvalue weighted by Crippen LogP contribution is -2.32. The second-order valence-electron chi connectivity index (χ2n) is 28.8. The molecular formula is C89H102N2. The zero-order chi connectivity index (χ0) is 63.7. The Morgan fingerprint density at radius 3 is 1.43 bits per heavy atom. The molecule has 0 spiro atoms. The van der Waals surface area contributed by atoms with Crippen LogP contribution in [0.1, 0.15) is 191 Å². The van der Waals surface area contributed by atoms with Crippen LogP contribution in [0.5, 0.6) is 0 Å². The quantitative estimate of drug-likeness (QED) is 0.0493. The van der Waals surface area contributed by atoms with Gasteiger partial charge in [-0.15, -0.1) is 0 Å². The summed E-state index contributed by atoms with van der Waals surface area (Å²) >= 11 is 0. The molecule has 3 aliphatic rings. The number of hydrogen-bond acceptors (Lipinski definition) is 2. The van der Waals surface area contributed by atoms with Gasteiger partial charge in [-0.05, 0) is 227 Å². The molecule has 8 aromatic rings. The van der Waals surface area contributed by atoms with Crippen LogP contribution in [0, 0.1) is 19.8 Å². The highest BCUT2D eigenvalue weighted by Crippen LogP contribution is 2.45. The highest BCUT2D eigenvalue weighted by Gasteiger charge is 2.29. The molecule has 2 nitrogen and oxygen atoms in total. The predicted molar refractivity (Wildman–Crippen MR) is 396 cm³/mol. The van der Waals surface area contributed by atoms with Gasteiger partial charge in [-0.1, -0.05) is 269 Å². The molecule has 8 aromatic carbocycles. The fourth-order valence-electron chi connectivity index (χ4n) is 14.3. The van der Waals surface area contributed by atoms with Crippen LogP contribution in [0.3, 0.4) is 0 Å². The first-order valence-electron chi connectivity index (χ1n) is 34.9. The zero-order valence-corrected chi connectivity index (χ0v) is 57.0. The van der Waals surface area contributed by atoms with E-state index in [1.165, 1.54) is 163 Å². The van der Waals surface area contributed by atoms with Crippen molar-refractivity contribution in [3.8, 4) is 44.5 Å². The highest BCUT2D eigenvalue weighted by molar-refractivity contribution is 5.80. The van der Waals surface area contributed by atoms with Crippen molar-refractivity contribution < 1.29 is 0 Å². The molecule has 0 saturated heterocycles. The molecule has 468 valence electrons. The number of benzene rings is 8. The van der Waals surface area contributed by atoms with E-state index in [-0.39, 0.29) is 22.8 Å². The molecule has 0 heterocycles. The van der Waals surface area contributed by atoms with Crippen molar-refractivity contribution in [3.05, 3.63) is 274 Å². The molecule has 0 saturated carbocycles. The summed E-state index contributed by atoms with van der Waals surface area (Å²) in [7, 11) is 0. The number of hydrogen-bond donors (Lipinski definition) is 0. The van der Waals surface area contributed by atoms with E-state index >= 15 is 0 Å². The van der Waals surface area contributed by atoms with Gasteiger partial charge in [0.2, 0.25) is 0 Å². The first-order valence-corrected chi connectivity index (χ1v) is 34.9. The zero-order valence-electron chi connectivity index (χ0n) is 57.0. The van der Waals surface area contributed by atoms with Crippen molar-refractivity contribution in [2.75, 3.05) is 9.80 Å². The van der Waals surface area contributed by atoms with Crippen molar-refractivity contribution in [2.24, 2.45) is 5.92 Å². The molecule has 0 fully saturated rings. The molecule has 3 aliphatic carbocycles. The van der Waals surface area contributed by atoms with Crippen LogP contribution >= 0.6 is 0 Å². The molecule has 11 rings (SSSR count). The smallest absolute Gasteiger partial charge is 0.0522 e. The van der Waals surface area contributed by atoms with Gasteiger partial charge in [-0.25, -0.2) is 0 Å². The maximum absolute atomic E-state index is 2.70. The molecule has 0 bridgehead atoms. The second kappa shape index (κ2) is 29.1. The van der Waals surface area contributed by atoms with Crippen LogP contribution < -0.4 is 9.80 Å². The largest absolute Gasteiger partial charge is 0.335 e. The number of allylic oxidation sites excluding steroid dienone is 8. The average molecular weight is 1200 g/mol. The Kier molecular flexibility index (Phi) is 20.7. The van der Waals surface area contributed by atoms with Crippen molar-refractivity contribution in [1.29, 1.82) is 0 Å². The van der Waals surface area contributed by atoms with Crippen molar-refractivity contribution in [1.82, 2.24) is 0 Å². The lowest BCUT2D eigenvalue weighted by Gasteiger charge is -2.36. The minimum absolute atomic E-state index is 0.113. The topological polar surface area (TPSA) is 6.48 Å². The minimum atomic E-state index is 0.113. The summed E-state index contributed by atoms with van der Waals surface area (Å²) in [5, 5.41) is 0. The van der Waals surface area contributed by atoms with Crippen LogP contribution in [-0.2, 0) is 23.7 Å². The van der Waals surface area contributed by atoms with Gasteiger partial charge >= 0.3 is 0 Å². The SMILES string of the molecule is CCCCCCc1cc(C2CC=C(N(c3ccc(-c4ccc(C)cc4)cc3)c3ccc(-c4ccc(C(C)(C)C)cc4)cc3)C=C2C)c(CCCCCC)cc1-c1ccc(N(c2ccc(-c3ccc(C(C)(C)C)cc3)cc2)C2C=CC(C3=CCCC=C3)CC2)cc1C. The molecule has 3 atom stereocenters. The summed E-state index contributed by atoms with van der Waals surface area (Å²) in [6, 6.07) is 68.2. The van der Waals surface area contributed by atoms with E-state index in [4.69, 9.17) is 0 Å². The molecule has 0 N–H and O–H groups in total. The Balaban J connectivity index is 0.943. The predicted octanol–water partition coefficient (Wildman–Crippen LogP) is 25.7. The van der Waals surface area contributed by atoms with Crippen molar-refractivity contribution in [2.45, 2.75) is 195 Å². The number of unbranched alkanes of at least 4 members (excludes halogenated alkanes) is 6. The first-order chi connectivity index (χ1) is 44.0. The van der Waals surface area contributed by atoms with Crippen LogP contribution in [0.15, 0.2) is 235 Å². The van der Waals surface area contributed by atoms with E-state index in [9.17, 15) is 0 Å². The third kappa shape index (κ3) is 15.5. The first kappa shape index (κ1) is 64.6. The maximum atomic E-state index is 2.70. The van der Waals surface area contributed by atoms with Crippen LogP contribution in [0.25, 0.3) is 44.5 Å². The fraction of sp³-hybridized carbons (Fsp3) is 0.348. The summed E-state index contributed by atoms with van der Waals surface area (Å²) in [5.74, 6) is 0.768. The third-order valence-electron chi connectivity index (χ3n) is 19.9. The van der Waals surface area contributed by atoms with E-state index in [0.717, 1.165) is 56.3 Å². The summed E-state index contributed by atoms with van der Waals surface area (Å²) in [4.78, 5) is 5.13. The van der Waals surface area contributed by atoms with E-state index in [2.05, 4.69) is 304 Å². The van der Waals surface area contributed by atoms with E-state index in [0.29, 0.717) is 5.92 Å². The standard InChI is InChI=1S/C89H102N2/c1-12-14-16-19-25-74-62-87(85-58-56-83(60-65(85)5)91(79-49-37-71(38-50-79)67-29-27-63(3)28-30-67)81-53-41-73(42-54-81)69-33-45-77(46-34-69)89(9,10)11)75(26-20-17-15-13-2)61-86(74)84-57-55-82(59-64(84)4)90(78-47-35-70(36-48-78)66-23-21-18-22-24-66)80-51-39-72(40-52-80)68-31-43-76(44-32-68)88(6,7)8/h21,23-24,27-35,37-47,49-57,59-62,70,78,85H,12-20,22,25-26,36,48,58H2,1-11H3. The van der Waals surface area contributed by atoms with Gasteiger partial charge in [0.15, 0.2) is 0 Å². The van der Waals surface area contributed by atoms with Gasteiger partial charge in [0.05, 0.1) is 6.04 Å². The van der Waals surface area contributed by atoms with Crippen LogP contribution in [0.2, 0.25) is 0 Å². The third-order valence-corrected chi connectivity index (χ3v) is 19.9. The number of rotatable bonds is 22. The normalized spacial score (nSPS) is 16.7. The average Bonchev–Trinajstić information content (AvgIpc) is 0.809. The summed E-state index contributed by atoms with van der Waals surface area (Å²) < 4.78 is 0. The molecule has 2 heteroatoms. The molecule has 0 radical (unpaired) electrons.